The molecule has 0 atom stereocenters. The molecule has 0 bridgehead atoms. The molecule has 0 aliphatic rings. The Morgan fingerprint density at radius 3 is 2.62 bits per heavy atom. The monoisotopic (exact) mass is 323 g/mol. The Morgan fingerprint density at radius 1 is 1.17 bits per heavy atom. The summed E-state index contributed by atoms with van der Waals surface area (Å²) in [5.41, 5.74) is 3.20. The summed E-state index contributed by atoms with van der Waals surface area (Å²) in [6, 6.07) is 13.3. The molecule has 24 heavy (non-hydrogen) atoms. The van der Waals surface area contributed by atoms with Gasteiger partial charge in [-0.2, -0.15) is 5.10 Å². The number of aromatic nitrogens is 4. The predicted octanol–water partition coefficient (Wildman–Crippen LogP) is 2.28. The van der Waals surface area contributed by atoms with E-state index in [0.29, 0.717) is 12.4 Å². The van der Waals surface area contributed by atoms with Crippen LogP contribution in [0.3, 0.4) is 0 Å². The highest BCUT2D eigenvalue weighted by atomic mass is 16.5. The van der Waals surface area contributed by atoms with E-state index in [1.807, 2.05) is 43.6 Å². The van der Waals surface area contributed by atoms with E-state index in [4.69, 9.17) is 0 Å². The Morgan fingerprint density at radius 2 is 1.96 bits per heavy atom. The van der Waals surface area contributed by atoms with Gasteiger partial charge in [0.05, 0.1) is 12.8 Å². The molecule has 0 spiro atoms. The third kappa shape index (κ3) is 3.40. The number of carbonyl (C=O) groups is 1. The topological polar surface area (TPSA) is 81.9 Å². The molecule has 3 rings (SSSR count). The summed E-state index contributed by atoms with van der Waals surface area (Å²) in [6.07, 6.45) is 1.96. The van der Waals surface area contributed by atoms with Gasteiger partial charge in [0, 0.05) is 30.9 Å². The Hall–Kier alpha value is -3.22. The molecule has 0 radical (unpaired) electrons. The van der Waals surface area contributed by atoms with Gasteiger partial charge in [0.2, 0.25) is 0 Å². The maximum Gasteiger partial charge on any atom is 0.358 e. The molecular formula is C17H17N5O2. The second-order valence-electron chi connectivity index (χ2n) is 5.19. The normalized spacial score (nSPS) is 10.4. The average Bonchev–Trinajstić information content (AvgIpc) is 3.01. The SMILES string of the molecule is COC(=O)c1ccc(NCc2cn(C)nc2-c2ccccc2)nn1. The number of hydrogen-bond acceptors (Lipinski definition) is 6. The molecule has 0 saturated heterocycles. The molecule has 0 saturated carbocycles. The molecule has 2 heterocycles. The van der Waals surface area contributed by atoms with Gasteiger partial charge < -0.3 is 10.1 Å². The fourth-order valence-electron chi connectivity index (χ4n) is 2.33. The minimum Gasteiger partial charge on any atom is -0.464 e. The first-order chi connectivity index (χ1) is 11.7. The third-order valence-corrected chi connectivity index (χ3v) is 3.47. The quantitative estimate of drug-likeness (QED) is 0.725. The van der Waals surface area contributed by atoms with Crippen molar-refractivity contribution in [2.75, 3.05) is 12.4 Å². The minimum atomic E-state index is -0.507. The Labute approximate surface area is 139 Å². The summed E-state index contributed by atoms with van der Waals surface area (Å²) in [5, 5.41) is 15.5. The number of aryl methyl sites for hydroxylation is 1. The summed E-state index contributed by atoms with van der Waals surface area (Å²) < 4.78 is 6.38. The molecule has 0 amide bonds. The highest BCUT2D eigenvalue weighted by Crippen LogP contribution is 2.22. The van der Waals surface area contributed by atoms with Gasteiger partial charge in [-0.1, -0.05) is 30.3 Å². The molecule has 1 N–H and O–H groups in total. The summed E-state index contributed by atoms with van der Waals surface area (Å²) in [5.74, 6) is 0.0678. The van der Waals surface area contributed by atoms with Crippen molar-refractivity contribution in [2.45, 2.75) is 6.54 Å². The number of carbonyl (C=O) groups excluding carboxylic acids is 1. The molecule has 1 aromatic carbocycles. The molecule has 3 aromatic rings. The minimum absolute atomic E-state index is 0.175. The van der Waals surface area contributed by atoms with Gasteiger partial charge in [0.25, 0.3) is 0 Å². The molecule has 0 fully saturated rings. The molecule has 122 valence electrons. The maximum absolute atomic E-state index is 11.4. The number of rotatable bonds is 5. The van der Waals surface area contributed by atoms with Crippen molar-refractivity contribution >= 4 is 11.8 Å². The number of nitrogens with zero attached hydrogens (tertiary/aromatic N) is 4. The first kappa shape index (κ1) is 15.7. The van der Waals surface area contributed by atoms with Gasteiger partial charge in [0.1, 0.15) is 5.82 Å². The number of methoxy groups -OCH3 is 1. The lowest BCUT2D eigenvalue weighted by Gasteiger charge is -2.06. The molecule has 2 aromatic heterocycles. The zero-order chi connectivity index (χ0) is 16.9. The van der Waals surface area contributed by atoms with Crippen LogP contribution in [0, 0.1) is 0 Å². The van der Waals surface area contributed by atoms with E-state index in [9.17, 15) is 4.79 Å². The van der Waals surface area contributed by atoms with Gasteiger partial charge >= 0.3 is 5.97 Å². The van der Waals surface area contributed by atoms with Crippen LogP contribution >= 0.6 is 0 Å². The summed E-state index contributed by atoms with van der Waals surface area (Å²) in [6.45, 7) is 0.546. The predicted molar refractivity (Wildman–Crippen MR) is 89.3 cm³/mol. The number of anilines is 1. The van der Waals surface area contributed by atoms with Crippen molar-refractivity contribution in [2.24, 2.45) is 7.05 Å². The van der Waals surface area contributed by atoms with Gasteiger partial charge in [-0.05, 0) is 12.1 Å². The van der Waals surface area contributed by atoms with E-state index in [1.54, 1.807) is 16.8 Å². The number of esters is 1. The largest absolute Gasteiger partial charge is 0.464 e. The summed E-state index contributed by atoms with van der Waals surface area (Å²) >= 11 is 0. The smallest absolute Gasteiger partial charge is 0.358 e. The molecule has 0 aliphatic heterocycles. The van der Waals surface area contributed by atoms with Crippen LogP contribution in [0.5, 0.6) is 0 Å². The average molecular weight is 323 g/mol. The lowest BCUT2D eigenvalue weighted by molar-refractivity contribution is 0.0593. The molecule has 7 nitrogen and oxygen atoms in total. The van der Waals surface area contributed by atoms with E-state index >= 15 is 0 Å². The van der Waals surface area contributed by atoms with Crippen LogP contribution in [0.25, 0.3) is 11.3 Å². The van der Waals surface area contributed by atoms with E-state index in [-0.39, 0.29) is 5.69 Å². The van der Waals surface area contributed by atoms with E-state index in [1.165, 1.54) is 7.11 Å². The summed E-state index contributed by atoms with van der Waals surface area (Å²) in [4.78, 5) is 11.4. The van der Waals surface area contributed by atoms with E-state index in [2.05, 4.69) is 25.3 Å². The van der Waals surface area contributed by atoms with Crippen LogP contribution in [0.4, 0.5) is 5.82 Å². The fraction of sp³-hybridized carbons (Fsp3) is 0.176. The fourth-order valence-corrected chi connectivity index (χ4v) is 2.33. The number of benzene rings is 1. The van der Waals surface area contributed by atoms with Crippen LogP contribution < -0.4 is 5.32 Å². The Kier molecular flexibility index (Phi) is 4.51. The van der Waals surface area contributed by atoms with Crippen molar-refractivity contribution in [3.05, 3.63) is 59.9 Å². The standard InChI is InChI=1S/C17H17N5O2/c1-22-11-13(16(21-22)12-6-4-3-5-7-12)10-18-15-9-8-14(19-20-15)17(23)24-2/h3-9,11H,10H2,1-2H3,(H,18,20). The number of hydrogen-bond donors (Lipinski definition) is 1. The Bertz CT molecular complexity index is 828. The van der Waals surface area contributed by atoms with E-state index in [0.717, 1.165) is 16.8 Å². The first-order valence-corrected chi connectivity index (χ1v) is 7.41. The van der Waals surface area contributed by atoms with Crippen LogP contribution in [-0.4, -0.2) is 33.1 Å². The highest BCUT2D eigenvalue weighted by Gasteiger charge is 2.11. The molecular weight excluding hydrogens is 306 g/mol. The first-order valence-electron chi connectivity index (χ1n) is 7.41. The summed E-state index contributed by atoms with van der Waals surface area (Å²) in [7, 11) is 3.20. The van der Waals surface area contributed by atoms with Crippen molar-refractivity contribution in [1.82, 2.24) is 20.0 Å². The molecule has 7 heteroatoms. The van der Waals surface area contributed by atoms with Gasteiger partial charge in [0.15, 0.2) is 5.69 Å². The van der Waals surface area contributed by atoms with Crippen molar-refractivity contribution in [3.63, 3.8) is 0 Å². The van der Waals surface area contributed by atoms with Crippen molar-refractivity contribution in [3.8, 4) is 11.3 Å². The number of nitrogens with one attached hydrogen (secondary N) is 1. The molecule has 0 unspecified atom stereocenters. The number of ether oxygens (including phenoxy) is 1. The Balaban J connectivity index is 1.74. The van der Waals surface area contributed by atoms with Crippen LogP contribution in [0.15, 0.2) is 48.7 Å². The molecule has 0 aliphatic carbocycles. The van der Waals surface area contributed by atoms with Gasteiger partial charge in [-0.15, -0.1) is 10.2 Å². The maximum atomic E-state index is 11.4. The lowest BCUT2D eigenvalue weighted by atomic mass is 10.1. The van der Waals surface area contributed by atoms with Gasteiger partial charge in [-0.3, -0.25) is 4.68 Å². The van der Waals surface area contributed by atoms with Crippen LogP contribution in [-0.2, 0) is 18.3 Å². The van der Waals surface area contributed by atoms with Crippen molar-refractivity contribution < 1.29 is 9.53 Å². The van der Waals surface area contributed by atoms with Crippen LogP contribution in [0.2, 0.25) is 0 Å². The zero-order valence-electron chi connectivity index (χ0n) is 13.4. The second-order valence-corrected chi connectivity index (χ2v) is 5.19. The zero-order valence-corrected chi connectivity index (χ0v) is 13.4. The van der Waals surface area contributed by atoms with E-state index < -0.39 is 5.97 Å². The lowest BCUT2D eigenvalue weighted by Crippen LogP contribution is -2.08. The van der Waals surface area contributed by atoms with Crippen LogP contribution in [0.1, 0.15) is 16.1 Å². The van der Waals surface area contributed by atoms with Crippen molar-refractivity contribution in [1.29, 1.82) is 0 Å². The second kappa shape index (κ2) is 6.91. The highest BCUT2D eigenvalue weighted by molar-refractivity contribution is 5.86. The third-order valence-electron chi connectivity index (χ3n) is 3.47. The van der Waals surface area contributed by atoms with Gasteiger partial charge in [-0.25, -0.2) is 4.79 Å².